The number of H-pyrrole nitrogens is 1. The topological polar surface area (TPSA) is 96.1 Å². The fourth-order valence-corrected chi connectivity index (χ4v) is 2.72. The van der Waals surface area contributed by atoms with Gasteiger partial charge in [0.25, 0.3) is 0 Å². The fourth-order valence-electron chi connectivity index (χ4n) is 2.72. The predicted molar refractivity (Wildman–Crippen MR) is 95.4 cm³/mol. The lowest BCUT2D eigenvalue weighted by molar-refractivity contribution is -0.142. The van der Waals surface area contributed by atoms with Gasteiger partial charge in [0.05, 0.1) is 24.8 Å². The Morgan fingerprint density at radius 2 is 1.92 bits per heavy atom. The molecule has 0 unspecified atom stereocenters. The van der Waals surface area contributed by atoms with Gasteiger partial charge in [0.2, 0.25) is 0 Å². The number of aromatic amines is 1. The lowest BCUT2D eigenvalue weighted by Gasteiger charge is -2.15. The zero-order chi connectivity index (χ0) is 18.4. The molecular weight excluding hydrogens is 320 g/mol. The van der Waals surface area contributed by atoms with Gasteiger partial charge in [-0.3, -0.25) is 9.89 Å². The molecule has 2 aromatic rings. The first-order valence-corrected chi connectivity index (χ1v) is 8.24. The maximum atomic E-state index is 12.2. The van der Waals surface area contributed by atoms with Gasteiger partial charge in [0.1, 0.15) is 0 Å². The number of nitrogens with one attached hydrogen (secondary N) is 3. The monoisotopic (exact) mass is 344 g/mol. The van der Waals surface area contributed by atoms with Crippen LogP contribution in [-0.2, 0) is 16.0 Å². The zero-order valence-electron chi connectivity index (χ0n) is 15.0. The maximum Gasteiger partial charge on any atom is 0.319 e. The number of urea groups is 1. The molecule has 0 fully saturated rings. The summed E-state index contributed by atoms with van der Waals surface area (Å²) in [5.41, 5.74) is 4.28. The lowest BCUT2D eigenvalue weighted by atomic mass is 10.1. The van der Waals surface area contributed by atoms with E-state index >= 15 is 0 Å². The van der Waals surface area contributed by atoms with Gasteiger partial charge in [-0.05, 0) is 45.4 Å². The van der Waals surface area contributed by atoms with Crippen LogP contribution in [0.4, 0.5) is 10.5 Å². The quantitative estimate of drug-likeness (QED) is 0.702. The summed E-state index contributed by atoms with van der Waals surface area (Å²) in [7, 11) is 0. The van der Waals surface area contributed by atoms with E-state index < -0.39 is 0 Å². The van der Waals surface area contributed by atoms with Crippen molar-refractivity contribution in [1.29, 1.82) is 0 Å². The lowest BCUT2D eigenvalue weighted by Crippen LogP contribution is -2.31. The normalized spacial score (nSPS) is 11.7. The number of hydrogen-bond donors (Lipinski definition) is 3. The number of esters is 1. The largest absolute Gasteiger partial charge is 0.466 e. The minimum Gasteiger partial charge on any atom is -0.466 e. The van der Waals surface area contributed by atoms with Crippen LogP contribution in [0.1, 0.15) is 42.4 Å². The summed E-state index contributed by atoms with van der Waals surface area (Å²) in [6.45, 7) is 7.88. The molecule has 3 N–H and O–H groups in total. The second-order valence-corrected chi connectivity index (χ2v) is 5.85. The summed E-state index contributed by atoms with van der Waals surface area (Å²) >= 11 is 0. The average Bonchev–Trinajstić information content (AvgIpc) is 2.88. The first kappa shape index (κ1) is 18.5. The van der Waals surface area contributed by atoms with Crippen LogP contribution in [0, 0.1) is 13.8 Å². The van der Waals surface area contributed by atoms with Gasteiger partial charge in [-0.2, -0.15) is 5.10 Å². The fraction of sp³-hybridized carbons (Fsp3) is 0.389. The zero-order valence-corrected chi connectivity index (χ0v) is 15.0. The molecule has 0 aliphatic carbocycles. The van der Waals surface area contributed by atoms with Crippen molar-refractivity contribution in [3.8, 4) is 0 Å². The molecule has 1 aromatic heterocycles. The molecule has 134 valence electrons. The first-order chi connectivity index (χ1) is 11.9. The Hall–Kier alpha value is -2.83. The summed E-state index contributed by atoms with van der Waals surface area (Å²) in [4.78, 5) is 23.6. The second-order valence-electron chi connectivity index (χ2n) is 5.85. The van der Waals surface area contributed by atoms with E-state index in [1.54, 1.807) is 31.2 Å². The van der Waals surface area contributed by atoms with Crippen LogP contribution in [0.3, 0.4) is 0 Å². The van der Waals surface area contributed by atoms with Crippen LogP contribution in [0.25, 0.3) is 0 Å². The molecule has 2 amide bonds. The van der Waals surface area contributed by atoms with Gasteiger partial charge in [-0.1, -0.05) is 12.1 Å². The van der Waals surface area contributed by atoms with E-state index in [1.165, 1.54) is 0 Å². The molecule has 0 saturated heterocycles. The molecule has 0 aliphatic rings. The summed E-state index contributed by atoms with van der Waals surface area (Å²) in [6, 6.07) is 6.63. The van der Waals surface area contributed by atoms with Crippen LogP contribution in [0.2, 0.25) is 0 Å². The summed E-state index contributed by atoms with van der Waals surface area (Å²) < 4.78 is 4.91. The standard InChI is InChI=1S/C18H24N4O3/c1-5-25-16(23)10-14-6-8-15(9-7-14)20-18(24)19-11(2)17-12(3)21-22-13(17)4/h6-9,11H,5,10H2,1-4H3,(H,21,22)(H2,19,20,24)/t11-/m0/s1. The van der Waals surface area contributed by atoms with E-state index in [-0.39, 0.29) is 24.5 Å². The van der Waals surface area contributed by atoms with Crippen molar-refractivity contribution in [2.24, 2.45) is 0 Å². The molecule has 1 aromatic carbocycles. The molecule has 1 heterocycles. The molecule has 0 radical (unpaired) electrons. The van der Waals surface area contributed by atoms with Crippen LogP contribution in [0.5, 0.6) is 0 Å². The van der Waals surface area contributed by atoms with Crippen LogP contribution >= 0.6 is 0 Å². The SMILES string of the molecule is CCOC(=O)Cc1ccc(NC(=O)N[C@@H](C)c2c(C)n[nH]c2C)cc1. The number of anilines is 1. The van der Waals surface area contributed by atoms with Gasteiger partial charge in [-0.15, -0.1) is 0 Å². The van der Waals surface area contributed by atoms with E-state index in [1.807, 2.05) is 20.8 Å². The average molecular weight is 344 g/mol. The van der Waals surface area contributed by atoms with Crippen molar-refractivity contribution in [2.75, 3.05) is 11.9 Å². The van der Waals surface area contributed by atoms with E-state index in [9.17, 15) is 9.59 Å². The first-order valence-electron chi connectivity index (χ1n) is 8.24. The number of rotatable bonds is 6. The predicted octanol–water partition coefficient (Wildman–Crippen LogP) is 3.01. The smallest absolute Gasteiger partial charge is 0.319 e. The van der Waals surface area contributed by atoms with Crippen molar-refractivity contribution in [2.45, 2.75) is 40.2 Å². The Balaban J connectivity index is 1.91. The molecule has 0 bridgehead atoms. The van der Waals surface area contributed by atoms with E-state index in [0.717, 1.165) is 22.5 Å². The highest BCUT2D eigenvalue weighted by Gasteiger charge is 2.16. The van der Waals surface area contributed by atoms with Gasteiger partial charge in [0.15, 0.2) is 0 Å². The molecule has 7 nitrogen and oxygen atoms in total. The Bertz CT molecular complexity index is 718. The van der Waals surface area contributed by atoms with Gasteiger partial charge >= 0.3 is 12.0 Å². The Kier molecular flexibility index (Phi) is 6.16. The van der Waals surface area contributed by atoms with Crippen molar-refractivity contribution >= 4 is 17.7 Å². The number of nitrogens with zero attached hydrogens (tertiary/aromatic N) is 1. The number of ether oxygens (including phenoxy) is 1. The summed E-state index contributed by atoms with van der Waals surface area (Å²) in [6.07, 6.45) is 0.219. The Morgan fingerprint density at radius 1 is 1.24 bits per heavy atom. The highest BCUT2D eigenvalue weighted by Crippen LogP contribution is 2.19. The van der Waals surface area contributed by atoms with Crippen molar-refractivity contribution in [1.82, 2.24) is 15.5 Å². The third-order valence-corrected chi connectivity index (χ3v) is 3.83. The molecular formula is C18H24N4O3. The second kappa shape index (κ2) is 8.32. The molecule has 1 atom stereocenters. The number of carbonyl (C=O) groups is 2. The summed E-state index contributed by atoms with van der Waals surface area (Å²) in [5, 5.41) is 12.7. The number of benzene rings is 1. The van der Waals surface area contributed by atoms with E-state index in [0.29, 0.717) is 12.3 Å². The van der Waals surface area contributed by atoms with Gasteiger partial charge in [-0.25, -0.2) is 4.79 Å². The molecule has 25 heavy (non-hydrogen) atoms. The number of aromatic nitrogens is 2. The minimum absolute atomic E-state index is 0.165. The van der Waals surface area contributed by atoms with Gasteiger partial charge in [0, 0.05) is 16.9 Å². The van der Waals surface area contributed by atoms with Crippen molar-refractivity contribution in [3.05, 3.63) is 46.8 Å². The van der Waals surface area contributed by atoms with Crippen LogP contribution in [0.15, 0.2) is 24.3 Å². The molecule has 0 spiro atoms. The minimum atomic E-state index is -0.300. The van der Waals surface area contributed by atoms with Gasteiger partial charge < -0.3 is 15.4 Å². The Labute approximate surface area is 147 Å². The third-order valence-electron chi connectivity index (χ3n) is 3.83. The molecule has 7 heteroatoms. The van der Waals surface area contributed by atoms with Crippen molar-refractivity contribution < 1.29 is 14.3 Å². The Morgan fingerprint density at radius 3 is 2.48 bits per heavy atom. The van der Waals surface area contributed by atoms with E-state index in [4.69, 9.17) is 4.74 Å². The highest BCUT2D eigenvalue weighted by molar-refractivity contribution is 5.89. The van der Waals surface area contributed by atoms with E-state index in [2.05, 4.69) is 20.8 Å². The number of aryl methyl sites for hydroxylation is 2. The number of carbonyl (C=O) groups excluding carboxylic acids is 2. The molecule has 0 aliphatic heterocycles. The van der Waals surface area contributed by atoms with Crippen LogP contribution < -0.4 is 10.6 Å². The molecule has 0 saturated carbocycles. The number of amides is 2. The highest BCUT2D eigenvalue weighted by atomic mass is 16.5. The van der Waals surface area contributed by atoms with Crippen molar-refractivity contribution in [3.63, 3.8) is 0 Å². The van der Waals surface area contributed by atoms with Crippen LogP contribution in [-0.4, -0.2) is 28.8 Å². The summed E-state index contributed by atoms with van der Waals surface area (Å²) in [5.74, 6) is -0.263. The third kappa shape index (κ3) is 5.07. The number of hydrogen-bond acceptors (Lipinski definition) is 4. The molecule has 2 rings (SSSR count). The maximum absolute atomic E-state index is 12.2.